The molecule has 8 nitrogen and oxygen atoms in total. The number of benzene rings is 8. The molecule has 16 aromatic rings. The van der Waals surface area contributed by atoms with E-state index in [1.54, 1.807) is 24.5 Å². The first-order valence-electron chi connectivity index (χ1n) is 56.5. The van der Waals surface area contributed by atoms with E-state index < -0.39 is 64.6 Å². The summed E-state index contributed by atoms with van der Waals surface area (Å²) in [4.78, 5) is 36.2. The molecule has 8 aromatic carbocycles. The number of aryl methyl sites for hydroxylation is 1. The minimum atomic E-state index is -1.43. The predicted octanol–water partition coefficient (Wildman–Crippen LogP) is 29.5. The molecule has 0 saturated carbocycles. The largest absolute Gasteiger partial charge is 0.305 e. The van der Waals surface area contributed by atoms with Crippen LogP contribution in [0.3, 0.4) is 0 Å². The van der Waals surface area contributed by atoms with Gasteiger partial charge in [-0.2, -0.15) is 0 Å². The summed E-state index contributed by atoms with van der Waals surface area (Å²) in [6.45, 7) is 71.5. The van der Waals surface area contributed by atoms with Gasteiger partial charge < -0.3 is 39.9 Å². The predicted molar refractivity (Wildman–Crippen MR) is 637 cm³/mol. The number of aromatic nitrogens is 8. The smallest absolute Gasteiger partial charge is 0.0799 e. The Morgan fingerprint density at radius 3 is 0.795 bits per heavy atom. The maximum atomic E-state index is 7.89. The normalized spacial score (nSPS) is 12.9. The molecule has 146 heavy (non-hydrogen) atoms. The van der Waals surface area contributed by atoms with Gasteiger partial charge in [0.15, 0.2) is 0 Å². The van der Waals surface area contributed by atoms with Crippen molar-refractivity contribution in [2.24, 2.45) is 5.92 Å². The van der Waals surface area contributed by atoms with Crippen LogP contribution >= 0.6 is 0 Å². The van der Waals surface area contributed by atoms with Gasteiger partial charge in [0.25, 0.3) is 0 Å². The van der Waals surface area contributed by atoms with Crippen LogP contribution in [-0.2, 0) is 93.3 Å². The van der Waals surface area contributed by atoms with Crippen molar-refractivity contribution in [1.82, 2.24) is 39.9 Å². The maximum Gasteiger partial charge on any atom is 0.0799 e. The second-order valence-electron chi connectivity index (χ2n) is 44.6. The molecule has 16 rings (SSSR count). The number of rotatable bonds is 23. The van der Waals surface area contributed by atoms with Crippen LogP contribution < -0.4 is 41.5 Å². The van der Waals surface area contributed by atoms with E-state index in [9.17, 15) is 0 Å². The third-order valence-electron chi connectivity index (χ3n) is 23.6. The Balaban J connectivity index is 0.000000319. The zero-order chi connectivity index (χ0) is 116. The molecule has 0 bridgehead atoms. The fourth-order valence-corrected chi connectivity index (χ4v) is 25.7. The molecule has 0 spiro atoms. The molecule has 8 aromatic heterocycles. The van der Waals surface area contributed by atoms with E-state index in [1.807, 2.05) is 109 Å². The Kier molecular flexibility index (Phi) is 43.3. The summed E-state index contributed by atoms with van der Waals surface area (Å²) in [5, 5.41) is 10.9. The summed E-state index contributed by atoms with van der Waals surface area (Å²) >= 11 is 0. The van der Waals surface area contributed by atoms with Crippen LogP contribution in [0.25, 0.3) is 90.1 Å². The standard InChI is InChI=1S/2C18H24NSi.2C17H22NSi.4C14H16NSi.4Ir/c1-14(2)11-16-12-17(15-9-7-6-8-10-15)19-13-18(16)20(3,4)5;1-6-14(2)16-12-17(15-10-8-7-9-11-15)19-13-18(16)20(3,4)5;1-13(2)15-11-16(14-9-7-6-8-10-14)18-12-17(15)19(3,4)5;1-5-9-15-12-16(14-10-7-6-8-11-14)18-13-17(15)19(2,3)4;4*1-16(2,3)13-9-10-14(15-11-13)12-7-5-4-6-8-12;;;;/h6-9,12-14H,11H2,1-5H3;7-10,12-14H,6H2,1-5H3;6-9,11-13H,1-5H3;6-8,10,12-13H,5,9H2,1-4H3;4*4-7,9-11H,1-3H3;;;;/q8*-1;;;;/i;;;;2*4D,5D,6D,7D;2*4D,5D,6D;;;;. The van der Waals surface area contributed by atoms with E-state index in [0.29, 0.717) is 62.8 Å². The molecule has 0 amide bonds. The molecule has 0 aliphatic rings. The Bertz CT molecular complexity index is 7130. The number of hydrogen-bond donors (Lipinski definition) is 0. The Morgan fingerprint density at radius 2 is 0.527 bits per heavy atom. The SMILES string of the molecule is CC(C)Cc1cc(-c2[c-]cccc2)ncc1[Si](C)(C)C.CC(C)c1cc(-c2[c-]cccc2)ncc1[Si](C)(C)C.CCC(C)c1cc(-c2[c-]cccc2)ncc1[Si](C)(C)C.CCCc1cc(-c2[c-]cccc2)ncc1[Si](C)(C)C.[2H]c1[c-]c(-c2ccc([Si](C)(C)C)cn2)c([2H])c([2H])c1[2H].[2H]c1[c-]c(-c2ccc([Si](C)(C)C)cn2)c([2H])c([2H])c1[2H].[2H]c1[c-]c(-c2ccc([Si](C)(C)C)cn2)cc([2H])c1[2H].[2H]c1[c-]c(-c2ccc([Si](C)(C)C)cn2)cc([2H])c1[2H].[Ir].[Ir].[Ir].[Ir]. The van der Waals surface area contributed by atoms with Gasteiger partial charge in [-0.15, -0.1) is 287 Å². The molecule has 0 fully saturated rings. The van der Waals surface area contributed by atoms with Gasteiger partial charge in [-0.25, -0.2) is 0 Å². The zero-order valence-corrected chi connectivity index (χ0v) is 109. The molecule has 0 aliphatic heterocycles. The monoisotopic (exact) mass is 2790 g/mol. The molecular formula is C126H156Ir4N8Si8-8. The van der Waals surface area contributed by atoms with Gasteiger partial charge in [0.1, 0.15) is 0 Å². The first-order valence-corrected chi connectivity index (χ1v) is 77.5. The second kappa shape index (κ2) is 59.8. The Hall–Kier alpha value is -8.71. The summed E-state index contributed by atoms with van der Waals surface area (Å²) in [6.07, 6.45) is 20.4. The third kappa shape index (κ3) is 40.9. The number of hydrogen-bond acceptors (Lipinski definition) is 8. The van der Waals surface area contributed by atoms with Gasteiger partial charge in [0.05, 0.1) is 64.6 Å². The molecular weight excluding hydrogens is 2620 g/mol. The number of pyridine rings is 8. The van der Waals surface area contributed by atoms with Crippen LogP contribution in [0.15, 0.2) is 316 Å². The van der Waals surface area contributed by atoms with E-state index in [2.05, 4.69) is 374 Å². The fourth-order valence-electron chi connectivity index (χ4n) is 15.1. The summed E-state index contributed by atoms with van der Waals surface area (Å²) in [5.74, 6) is 1.79. The second-order valence-corrected chi connectivity index (χ2v) is 85.0. The summed E-state index contributed by atoms with van der Waals surface area (Å²) in [6, 6.07) is 82.1. The summed E-state index contributed by atoms with van der Waals surface area (Å²) in [5.41, 5.74) is 18.7. The van der Waals surface area contributed by atoms with Crippen molar-refractivity contribution in [2.75, 3.05) is 0 Å². The zero-order valence-electron chi connectivity index (χ0n) is 105. The van der Waals surface area contributed by atoms with Crippen LogP contribution in [0.5, 0.6) is 0 Å². The third-order valence-corrected chi connectivity index (χ3v) is 39.9. The van der Waals surface area contributed by atoms with Crippen LogP contribution in [-0.4, -0.2) is 104 Å². The van der Waals surface area contributed by atoms with Gasteiger partial charge in [-0.05, 0) is 132 Å². The van der Waals surface area contributed by atoms with Crippen LogP contribution in [0, 0.1) is 54.4 Å². The van der Waals surface area contributed by atoms with Gasteiger partial charge in [-0.3, -0.25) is 0 Å². The van der Waals surface area contributed by atoms with Crippen molar-refractivity contribution in [1.29, 1.82) is 0 Å². The van der Waals surface area contributed by atoms with Crippen molar-refractivity contribution in [3.8, 4) is 90.1 Å². The topological polar surface area (TPSA) is 103 Å². The molecule has 0 N–H and O–H groups in total. The Labute approximate surface area is 963 Å². The average molecular weight is 2790 g/mol. The first kappa shape index (κ1) is 106. The van der Waals surface area contributed by atoms with Gasteiger partial charge in [0, 0.05) is 141 Å². The molecule has 4 radical (unpaired) electrons. The van der Waals surface area contributed by atoms with Crippen molar-refractivity contribution in [3.05, 3.63) is 387 Å². The molecule has 1 atom stereocenters. The van der Waals surface area contributed by atoms with E-state index in [4.69, 9.17) is 24.2 Å². The summed E-state index contributed by atoms with van der Waals surface area (Å²) < 4.78 is 107. The van der Waals surface area contributed by atoms with E-state index in [0.717, 1.165) is 57.9 Å². The van der Waals surface area contributed by atoms with Crippen molar-refractivity contribution >= 4 is 106 Å². The minimum absolute atomic E-state index is 0. The van der Waals surface area contributed by atoms with Crippen LogP contribution in [0.1, 0.15) is 115 Å². The number of nitrogens with zero attached hydrogens (tertiary/aromatic N) is 8. The van der Waals surface area contributed by atoms with Crippen molar-refractivity contribution < 1.29 is 99.6 Å². The molecule has 20 heteroatoms. The molecule has 1 unspecified atom stereocenters. The first-order chi connectivity index (χ1) is 72.7. The van der Waals surface area contributed by atoms with Gasteiger partial charge in [0.2, 0.25) is 0 Å². The van der Waals surface area contributed by atoms with Crippen molar-refractivity contribution in [3.63, 3.8) is 0 Å². The molecule has 0 saturated heterocycles. The van der Waals surface area contributed by atoms with Crippen LogP contribution in [0.2, 0.25) is 157 Å². The quantitative estimate of drug-likeness (QED) is 0.0461. The molecule has 776 valence electrons. The van der Waals surface area contributed by atoms with Gasteiger partial charge >= 0.3 is 0 Å². The Morgan fingerprint density at radius 1 is 0.260 bits per heavy atom. The average Bonchev–Trinajstić information content (AvgIpc) is 0.797. The fraction of sp³-hybridized carbons (Fsp3) is 0.302. The van der Waals surface area contributed by atoms with Gasteiger partial charge in [-0.1, -0.05) is 307 Å². The molecule has 8 heterocycles. The van der Waals surface area contributed by atoms with E-state index in [-0.39, 0.29) is 165 Å². The minimum Gasteiger partial charge on any atom is -0.305 e. The van der Waals surface area contributed by atoms with Crippen LogP contribution in [0.4, 0.5) is 0 Å². The summed E-state index contributed by atoms with van der Waals surface area (Å²) in [7, 11) is -10.9. The van der Waals surface area contributed by atoms with E-state index in [1.165, 1.54) is 88.7 Å². The molecule has 0 aliphatic carbocycles. The van der Waals surface area contributed by atoms with E-state index >= 15 is 0 Å². The maximum absolute atomic E-state index is 7.89. The van der Waals surface area contributed by atoms with Crippen molar-refractivity contribution in [2.45, 2.75) is 243 Å².